The van der Waals surface area contributed by atoms with E-state index in [4.69, 9.17) is 9.26 Å². The number of hydrogen-bond donors (Lipinski definition) is 1. The Bertz CT molecular complexity index is 1150. The minimum Gasteiger partial charge on any atom is -0.437 e. The lowest BCUT2D eigenvalue weighted by molar-refractivity contribution is 0.102. The molecule has 150 valence electrons. The molecule has 1 amide bonds. The van der Waals surface area contributed by atoms with E-state index in [1.54, 1.807) is 49.6 Å². The molecular formula is C21H17N5O3S. The van der Waals surface area contributed by atoms with Crippen LogP contribution in [0, 0.1) is 6.92 Å². The number of amides is 1. The Morgan fingerprint density at radius 2 is 2.07 bits per heavy atom. The monoisotopic (exact) mass is 419 g/mol. The average Bonchev–Trinajstić information content (AvgIpc) is 3.18. The maximum Gasteiger partial charge on any atom is 0.256 e. The molecule has 0 aliphatic heterocycles. The first-order chi connectivity index (χ1) is 14.7. The van der Waals surface area contributed by atoms with E-state index >= 15 is 0 Å². The summed E-state index contributed by atoms with van der Waals surface area (Å²) in [5.74, 6) is 2.27. The van der Waals surface area contributed by atoms with E-state index in [1.165, 1.54) is 18.0 Å². The molecule has 0 aliphatic rings. The SMILES string of the molecule is Cc1noc(CSc2ccccc2C(=O)Nc2cccc(Oc3cnccn3)c2)n1. The molecule has 4 rings (SSSR count). The summed E-state index contributed by atoms with van der Waals surface area (Å²) in [6.07, 6.45) is 4.63. The van der Waals surface area contributed by atoms with Crippen molar-refractivity contribution in [3.63, 3.8) is 0 Å². The van der Waals surface area contributed by atoms with Crippen LogP contribution in [0.2, 0.25) is 0 Å². The molecule has 0 saturated heterocycles. The zero-order valence-corrected chi connectivity index (χ0v) is 16.8. The molecule has 0 saturated carbocycles. The average molecular weight is 419 g/mol. The fourth-order valence-corrected chi connectivity index (χ4v) is 3.50. The normalized spacial score (nSPS) is 10.6. The molecule has 0 aliphatic carbocycles. The molecule has 1 N–H and O–H groups in total. The second-order valence-electron chi connectivity index (χ2n) is 6.15. The number of carbonyl (C=O) groups excluding carboxylic acids is 1. The Kier molecular flexibility index (Phi) is 6.00. The van der Waals surface area contributed by atoms with Gasteiger partial charge in [0.15, 0.2) is 5.82 Å². The van der Waals surface area contributed by atoms with Crippen molar-refractivity contribution in [3.05, 3.63) is 84.4 Å². The van der Waals surface area contributed by atoms with Crippen LogP contribution in [0.5, 0.6) is 11.6 Å². The van der Waals surface area contributed by atoms with Gasteiger partial charge in [-0.2, -0.15) is 4.98 Å². The van der Waals surface area contributed by atoms with Gasteiger partial charge in [-0.1, -0.05) is 23.4 Å². The van der Waals surface area contributed by atoms with Gasteiger partial charge in [-0.05, 0) is 31.2 Å². The Morgan fingerprint density at radius 3 is 2.87 bits per heavy atom. The highest BCUT2D eigenvalue weighted by Gasteiger charge is 2.14. The molecule has 0 radical (unpaired) electrons. The van der Waals surface area contributed by atoms with Crippen molar-refractivity contribution in [1.29, 1.82) is 0 Å². The van der Waals surface area contributed by atoms with E-state index in [1.807, 2.05) is 18.2 Å². The third kappa shape index (κ3) is 5.00. The number of thioether (sulfide) groups is 1. The Balaban J connectivity index is 1.45. The summed E-state index contributed by atoms with van der Waals surface area (Å²) in [6.45, 7) is 1.77. The number of ether oxygens (including phenoxy) is 1. The zero-order valence-electron chi connectivity index (χ0n) is 16.0. The van der Waals surface area contributed by atoms with Crippen LogP contribution >= 0.6 is 11.8 Å². The molecule has 4 aromatic rings. The number of rotatable bonds is 7. The molecule has 8 nitrogen and oxygen atoms in total. The van der Waals surface area contributed by atoms with Crippen LogP contribution < -0.4 is 10.1 Å². The van der Waals surface area contributed by atoms with Gasteiger partial charge >= 0.3 is 0 Å². The summed E-state index contributed by atoms with van der Waals surface area (Å²) < 4.78 is 10.8. The first-order valence-electron chi connectivity index (χ1n) is 9.04. The Hall–Kier alpha value is -3.72. The molecule has 9 heteroatoms. The number of benzene rings is 2. The van der Waals surface area contributed by atoms with Crippen LogP contribution in [0.25, 0.3) is 0 Å². The maximum absolute atomic E-state index is 12.9. The van der Waals surface area contributed by atoms with E-state index in [2.05, 4.69) is 25.4 Å². The van der Waals surface area contributed by atoms with Gasteiger partial charge in [0, 0.05) is 29.0 Å². The largest absolute Gasteiger partial charge is 0.437 e. The van der Waals surface area contributed by atoms with Gasteiger partial charge < -0.3 is 14.6 Å². The third-order valence-corrected chi connectivity index (χ3v) is 4.96. The van der Waals surface area contributed by atoms with E-state index < -0.39 is 0 Å². The highest BCUT2D eigenvalue weighted by Crippen LogP contribution is 2.27. The molecule has 0 unspecified atom stereocenters. The minimum absolute atomic E-state index is 0.225. The van der Waals surface area contributed by atoms with E-state index in [9.17, 15) is 4.79 Å². The van der Waals surface area contributed by atoms with Crippen molar-refractivity contribution in [3.8, 4) is 11.6 Å². The standard InChI is InChI=1S/C21H17N5O3S/c1-14-24-20(29-26-14)13-30-18-8-3-2-7-17(18)21(27)25-15-5-4-6-16(11-15)28-19-12-22-9-10-23-19/h2-12H,13H2,1H3,(H,25,27). The van der Waals surface area contributed by atoms with Crippen LogP contribution in [0.1, 0.15) is 22.1 Å². The van der Waals surface area contributed by atoms with E-state index in [-0.39, 0.29) is 5.91 Å². The van der Waals surface area contributed by atoms with Crippen LogP contribution in [-0.2, 0) is 5.75 Å². The van der Waals surface area contributed by atoms with Crippen molar-refractivity contribution in [2.24, 2.45) is 0 Å². The fourth-order valence-electron chi connectivity index (χ4n) is 2.61. The summed E-state index contributed by atoms with van der Waals surface area (Å²) in [7, 11) is 0. The lowest BCUT2D eigenvalue weighted by Gasteiger charge is -2.10. The molecule has 0 bridgehead atoms. The number of nitrogens with one attached hydrogen (secondary N) is 1. The molecule has 2 aromatic carbocycles. The van der Waals surface area contributed by atoms with Gasteiger partial charge in [-0.25, -0.2) is 4.98 Å². The highest BCUT2D eigenvalue weighted by molar-refractivity contribution is 7.98. The van der Waals surface area contributed by atoms with Gasteiger partial charge in [-0.3, -0.25) is 9.78 Å². The van der Waals surface area contributed by atoms with Crippen LogP contribution in [0.15, 0.2) is 76.5 Å². The maximum atomic E-state index is 12.9. The van der Waals surface area contributed by atoms with E-state index in [0.717, 1.165) is 4.90 Å². The predicted molar refractivity (Wildman–Crippen MR) is 112 cm³/mol. The van der Waals surface area contributed by atoms with Gasteiger partial charge in [0.25, 0.3) is 5.91 Å². The van der Waals surface area contributed by atoms with Crippen molar-refractivity contribution < 1.29 is 14.1 Å². The number of aryl methyl sites for hydroxylation is 1. The van der Waals surface area contributed by atoms with Gasteiger partial charge in [0.2, 0.25) is 11.8 Å². The second kappa shape index (κ2) is 9.19. The number of aromatic nitrogens is 4. The topological polar surface area (TPSA) is 103 Å². The van der Waals surface area contributed by atoms with Gasteiger partial charge in [-0.15, -0.1) is 11.8 Å². The van der Waals surface area contributed by atoms with Crippen molar-refractivity contribution in [1.82, 2.24) is 20.1 Å². The summed E-state index contributed by atoms with van der Waals surface area (Å²) >= 11 is 1.46. The van der Waals surface area contributed by atoms with Crippen molar-refractivity contribution in [2.45, 2.75) is 17.6 Å². The first kappa shape index (κ1) is 19.6. The van der Waals surface area contributed by atoms with Crippen molar-refractivity contribution >= 4 is 23.4 Å². The molecular weight excluding hydrogens is 402 g/mol. The molecule has 0 atom stereocenters. The Labute approximate surface area is 176 Å². The fraction of sp³-hybridized carbons (Fsp3) is 0.0952. The van der Waals surface area contributed by atoms with Gasteiger partial charge in [0.1, 0.15) is 5.75 Å². The van der Waals surface area contributed by atoms with Crippen molar-refractivity contribution in [2.75, 3.05) is 5.32 Å². The summed E-state index contributed by atoms with van der Waals surface area (Å²) in [5.41, 5.74) is 1.16. The quantitative estimate of drug-likeness (QED) is 0.437. The number of anilines is 1. The summed E-state index contributed by atoms with van der Waals surface area (Å²) in [5, 5.41) is 6.69. The predicted octanol–water partition coefficient (Wildman–Crippen LogP) is 4.50. The molecule has 0 fully saturated rings. The smallest absolute Gasteiger partial charge is 0.256 e. The van der Waals surface area contributed by atoms with Crippen LogP contribution in [-0.4, -0.2) is 26.0 Å². The lowest BCUT2D eigenvalue weighted by Crippen LogP contribution is -2.13. The van der Waals surface area contributed by atoms with Crippen LogP contribution in [0.3, 0.4) is 0 Å². The Morgan fingerprint density at radius 1 is 1.17 bits per heavy atom. The summed E-state index contributed by atoms with van der Waals surface area (Å²) in [6, 6.07) is 14.5. The minimum atomic E-state index is -0.225. The van der Waals surface area contributed by atoms with E-state index in [0.29, 0.717) is 40.3 Å². The highest BCUT2D eigenvalue weighted by atomic mass is 32.2. The first-order valence-corrected chi connectivity index (χ1v) is 10.0. The van der Waals surface area contributed by atoms with Crippen LogP contribution in [0.4, 0.5) is 5.69 Å². The molecule has 2 aromatic heterocycles. The zero-order chi connectivity index (χ0) is 20.8. The number of nitrogens with zero attached hydrogens (tertiary/aromatic N) is 4. The second-order valence-corrected chi connectivity index (χ2v) is 7.17. The number of carbonyl (C=O) groups is 1. The lowest BCUT2D eigenvalue weighted by atomic mass is 10.2. The van der Waals surface area contributed by atoms with Gasteiger partial charge in [0.05, 0.1) is 17.5 Å². The third-order valence-electron chi connectivity index (χ3n) is 3.91. The molecule has 2 heterocycles. The molecule has 30 heavy (non-hydrogen) atoms. The molecule has 0 spiro atoms. The number of hydrogen-bond acceptors (Lipinski definition) is 8. The summed E-state index contributed by atoms with van der Waals surface area (Å²) in [4.78, 5) is 25.9.